The first-order chi connectivity index (χ1) is 11.1. The number of hydrogen-bond acceptors (Lipinski definition) is 4. The van der Waals surface area contributed by atoms with E-state index in [0.717, 1.165) is 10.4 Å². The third kappa shape index (κ3) is 5.01. The molecule has 0 aliphatic carbocycles. The van der Waals surface area contributed by atoms with E-state index in [4.69, 9.17) is 21.1 Å². The summed E-state index contributed by atoms with van der Waals surface area (Å²) in [4.78, 5) is 13.0. The minimum Gasteiger partial charge on any atom is -0.491 e. The molecule has 0 unspecified atom stereocenters. The molecule has 4 nitrogen and oxygen atoms in total. The molecule has 0 atom stereocenters. The SMILES string of the molecule is CCOc1cc(/C=C/C(=O)NCc2cccs2)cc(Cl)c1OC. The molecule has 0 spiro atoms. The van der Waals surface area contributed by atoms with Crippen molar-refractivity contribution >= 4 is 34.9 Å². The van der Waals surface area contributed by atoms with E-state index in [9.17, 15) is 4.79 Å². The molecule has 6 heteroatoms. The monoisotopic (exact) mass is 351 g/mol. The first-order valence-corrected chi connectivity index (χ1v) is 8.38. The molecule has 1 amide bonds. The highest BCUT2D eigenvalue weighted by Gasteiger charge is 2.10. The minimum absolute atomic E-state index is 0.164. The molecule has 0 saturated carbocycles. The van der Waals surface area contributed by atoms with E-state index in [1.807, 2.05) is 24.4 Å². The number of rotatable bonds is 7. The molecule has 1 heterocycles. The van der Waals surface area contributed by atoms with Gasteiger partial charge < -0.3 is 14.8 Å². The number of methoxy groups -OCH3 is 1. The van der Waals surface area contributed by atoms with Gasteiger partial charge in [0.2, 0.25) is 5.91 Å². The van der Waals surface area contributed by atoms with Gasteiger partial charge in [0.15, 0.2) is 11.5 Å². The summed E-state index contributed by atoms with van der Waals surface area (Å²) in [6.07, 6.45) is 3.17. The Morgan fingerprint density at radius 1 is 1.43 bits per heavy atom. The Morgan fingerprint density at radius 2 is 2.26 bits per heavy atom. The van der Waals surface area contributed by atoms with Crippen LogP contribution in [-0.2, 0) is 11.3 Å². The number of carbonyl (C=O) groups is 1. The summed E-state index contributed by atoms with van der Waals surface area (Å²) in [5, 5.41) is 5.25. The molecule has 1 aromatic carbocycles. The number of amides is 1. The van der Waals surface area contributed by atoms with Crippen LogP contribution in [0.3, 0.4) is 0 Å². The van der Waals surface area contributed by atoms with Gasteiger partial charge in [0.1, 0.15) is 0 Å². The number of thiophene rings is 1. The Balaban J connectivity index is 2.04. The van der Waals surface area contributed by atoms with E-state index in [-0.39, 0.29) is 5.91 Å². The summed E-state index contributed by atoms with van der Waals surface area (Å²) in [6, 6.07) is 7.45. The standard InChI is InChI=1S/C17H18ClNO3S/c1-3-22-15-10-12(9-14(18)17(15)21-2)6-7-16(20)19-11-13-5-4-8-23-13/h4-10H,3,11H2,1-2H3,(H,19,20)/b7-6+. The second-order valence-corrected chi connectivity index (χ2v) is 6.04. The maximum absolute atomic E-state index is 11.8. The van der Waals surface area contributed by atoms with E-state index >= 15 is 0 Å². The number of halogens is 1. The Hall–Kier alpha value is -1.98. The highest BCUT2D eigenvalue weighted by molar-refractivity contribution is 7.09. The molecule has 2 aromatic rings. The summed E-state index contributed by atoms with van der Waals surface area (Å²) in [5.74, 6) is 0.886. The molecular weight excluding hydrogens is 334 g/mol. The van der Waals surface area contributed by atoms with Crippen LogP contribution in [0.5, 0.6) is 11.5 Å². The van der Waals surface area contributed by atoms with Crippen molar-refractivity contribution in [1.29, 1.82) is 0 Å². The quantitative estimate of drug-likeness (QED) is 0.763. The van der Waals surface area contributed by atoms with Crippen molar-refractivity contribution in [3.05, 3.63) is 51.2 Å². The van der Waals surface area contributed by atoms with Crippen molar-refractivity contribution in [1.82, 2.24) is 5.32 Å². The van der Waals surface area contributed by atoms with Gasteiger partial charge in [0.25, 0.3) is 0 Å². The zero-order chi connectivity index (χ0) is 16.7. The molecule has 1 N–H and O–H groups in total. The molecule has 2 rings (SSSR count). The van der Waals surface area contributed by atoms with E-state index in [1.54, 1.807) is 29.5 Å². The molecule has 0 aliphatic rings. The zero-order valence-electron chi connectivity index (χ0n) is 13.0. The van der Waals surface area contributed by atoms with Crippen LogP contribution in [0.15, 0.2) is 35.7 Å². The lowest BCUT2D eigenvalue weighted by Gasteiger charge is -2.11. The number of nitrogens with one attached hydrogen (secondary N) is 1. The van der Waals surface area contributed by atoms with Gasteiger partial charge in [-0.1, -0.05) is 17.7 Å². The van der Waals surface area contributed by atoms with Gasteiger partial charge in [-0.05, 0) is 42.1 Å². The lowest BCUT2D eigenvalue weighted by Crippen LogP contribution is -2.19. The second kappa shape index (κ2) is 8.60. The Morgan fingerprint density at radius 3 is 2.91 bits per heavy atom. The third-order valence-corrected chi connectivity index (χ3v) is 4.14. The molecule has 0 saturated heterocycles. The third-order valence-electron chi connectivity index (χ3n) is 2.98. The van der Waals surface area contributed by atoms with Crippen molar-refractivity contribution in [3.63, 3.8) is 0 Å². The predicted octanol–water partition coefficient (Wildman–Crippen LogP) is 4.14. The Kier molecular flexibility index (Phi) is 6.50. The van der Waals surface area contributed by atoms with E-state index < -0.39 is 0 Å². The van der Waals surface area contributed by atoms with Crippen molar-refractivity contribution in [2.75, 3.05) is 13.7 Å². The van der Waals surface area contributed by atoms with Gasteiger partial charge in [-0.3, -0.25) is 4.79 Å². The van der Waals surface area contributed by atoms with Crippen molar-refractivity contribution in [3.8, 4) is 11.5 Å². The largest absolute Gasteiger partial charge is 0.491 e. The fraction of sp³-hybridized carbons (Fsp3) is 0.235. The van der Waals surface area contributed by atoms with Crippen LogP contribution < -0.4 is 14.8 Å². The summed E-state index contributed by atoms with van der Waals surface area (Å²) >= 11 is 7.78. The fourth-order valence-electron chi connectivity index (χ4n) is 1.96. The van der Waals surface area contributed by atoms with Crippen LogP contribution in [0.25, 0.3) is 6.08 Å². The molecule has 0 radical (unpaired) electrons. The van der Waals surface area contributed by atoms with Crippen LogP contribution in [0.4, 0.5) is 0 Å². The molecule has 23 heavy (non-hydrogen) atoms. The van der Waals surface area contributed by atoms with E-state index in [1.165, 1.54) is 13.2 Å². The van der Waals surface area contributed by atoms with E-state index in [0.29, 0.717) is 29.7 Å². The smallest absolute Gasteiger partial charge is 0.244 e. The Labute approximate surface area is 144 Å². The highest BCUT2D eigenvalue weighted by Crippen LogP contribution is 2.36. The molecule has 0 bridgehead atoms. The summed E-state index contributed by atoms with van der Waals surface area (Å²) in [7, 11) is 1.54. The van der Waals surface area contributed by atoms with Gasteiger partial charge in [0.05, 0.1) is 25.3 Å². The first kappa shape index (κ1) is 17.4. The average molecular weight is 352 g/mol. The molecule has 1 aromatic heterocycles. The summed E-state index contributed by atoms with van der Waals surface area (Å²) in [5.41, 5.74) is 0.769. The topological polar surface area (TPSA) is 47.6 Å². The van der Waals surface area contributed by atoms with Crippen LogP contribution in [0.1, 0.15) is 17.4 Å². The van der Waals surface area contributed by atoms with Crippen molar-refractivity contribution in [2.45, 2.75) is 13.5 Å². The van der Waals surface area contributed by atoms with Gasteiger partial charge in [0, 0.05) is 11.0 Å². The summed E-state index contributed by atoms with van der Waals surface area (Å²) < 4.78 is 10.7. The van der Waals surface area contributed by atoms with Gasteiger partial charge in [-0.15, -0.1) is 11.3 Å². The average Bonchev–Trinajstić information content (AvgIpc) is 3.04. The second-order valence-electron chi connectivity index (χ2n) is 4.60. The van der Waals surface area contributed by atoms with Crippen LogP contribution in [0.2, 0.25) is 5.02 Å². The van der Waals surface area contributed by atoms with Gasteiger partial charge in [-0.25, -0.2) is 0 Å². The fourth-order valence-corrected chi connectivity index (χ4v) is 2.90. The van der Waals surface area contributed by atoms with Crippen molar-refractivity contribution < 1.29 is 14.3 Å². The normalized spacial score (nSPS) is 10.7. The highest BCUT2D eigenvalue weighted by atomic mass is 35.5. The minimum atomic E-state index is -0.164. The van der Waals surface area contributed by atoms with Gasteiger partial charge in [-0.2, -0.15) is 0 Å². The first-order valence-electron chi connectivity index (χ1n) is 7.12. The lowest BCUT2D eigenvalue weighted by molar-refractivity contribution is -0.116. The number of benzene rings is 1. The number of ether oxygens (including phenoxy) is 2. The van der Waals surface area contributed by atoms with Gasteiger partial charge >= 0.3 is 0 Å². The maximum Gasteiger partial charge on any atom is 0.244 e. The van der Waals surface area contributed by atoms with E-state index in [2.05, 4.69) is 5.32 Å². The summed E-state index contributed by atoms with van der Waals surface area (Å²) in [6.45, 7) is 2.91. The van der Waals surface area contributed by atoms with Crippen LogP contribution in [0, 0.1) is 0 Å². The maximum atomic E-state index is 11.8. The van der Waals surface area contributed by atoms with Crippen molar-refractivity contribution in [2.24, 2.45) is 0 Å². The van der Waals surface area contributed by atoms with Crippen LogP contribution in [-0.4, -0.2) is 19.6 Å². The number of hydrogen-bond donors (Lipinski definition) is 1. The lowest BCUT2D eigenvalue weighted by atomic mass is 10.2. The molecule has 0 aliphatic heterocycles. The zero-order valence-corrected chi connectivity index (χ0v) is 14.5. The molecule has 0 fully saturated rings. The molecular formula is C17H18ClNO3S. The Bertz CT molecular complexity index is 683. The predicted molar refractivity (Wildman–Crippen MR) is 94.4 cm³/mol. The van der Waals surface area contributed by atoms with Crippen LogP contribution >= 0.6 is 22.9 Å². The number of carbonyl (C=O) groups excluding carboxylic acids is 1. The molecule has 122 valence electrons.